The van der Waals surface area contributed by atoms with E-state index in [1.165, 1.54) is 0 Å². The molecule has 0 rings (SSSR count). The molecule has 0 aromatic heterocycles. The predicted octanol–water partition coefficient (Wildman–Crippen LogP) is -0.236. The Kier molecular flexibility index (Phi) is 4.36. The molecule has 1 radical (unpaired) electrons. The van der Waals surface area contributed by atoms with Crippen LogP contribution >= 0.6 is 0 Å². The van der Waals surface area contributed by atoms with Gasteiger partial charge in [0.1, 0.15) is 0 Å². The van der Waals surface area contributed by atoms with E-state index in [9.17, 15) is 5.11 Å². The molecule has 0 heterocycles. The van der Waals surface area contributed by atoms with Gasteiger partial charge in [-0.05, 0) is 0 Å². The van der Waals surface area contributed by atoms with Gasteiger partial charge in [0.2, 0.25) is 0 Å². The van der Waals surface area contributed by atoms with Gasteiger partial charge in [-0.15, -0.1) is 5.60 Å². The molecule has 0 saturated carbocycles. The zero-order valence-corrected chi connectivity index (χ0v) is 4.91. The number of rotatable bonds is 0. The van der Waals surface area contributed by atoms with Gasteiger partial charge in [0.05, 0.1) is 0 Å². The van der Waals surface area contributed by atoms with Crippen molar-refractivity contribution in [3.05, 3.63) is 0 Å². The van der Waals surface area contributed by atoms with Crippen molar-refractivity contribution < 1.29 is 5.11 Å². The fourth-order valence-corrected chi connectivity index (χ4v) is 0. The molecule has 0 aliphatic rings. The van der Waals surface area contributed by atoms with Crippen molar-refractivity contribution in [3.8, 4) is 0 Å². The SMILES string of the molecule is CC(C)(C)[O-].[Li]. The monoisotopic (exact) mass is 80.1 g/mol. The maximum Gasteiger partial charge on any atom is 0 e. The number of hydrogen-bond donors (Lipinski definition) is 0. The first-order chi connectivity index (χ1) is 2.00. The van der Waals surface area contributed by atoms with Crippen LogP contribution in [0, 0.1) is 0 Å². The molecule has 0 aromatic carbocycles. The largest absolute Gasteiger partial charge is 0.850 e. The summed E-state index contributed by atoms with van der Waals surface area (Å²) in [6.45, 7) is 4.90. The molecule has 0 spiro atoms. The van der Waals surface area contributed by atoms with E-state index in [1.54, 1.807) is 20.8 Å². The second-order valence-corrected chi connectivity index (χ2v) is 2.11. The van der Waals surface area contributed by atoms with E-state index in [1.807, 2.05) is 0 Å². The first-order valence-electron chi connectivity index (χ1n) is 1.70. The number of hydrogen-bond acceptors (Lipinski definition) is 1. The Balaban J connectivity index is 0. The zero-order valence-electron chi connectivity index (χ0n) is 4.91. The van der Waals surface area contributed by atoms with Gasteiger partial charge in [0.15, 0.2) is 0 Å². The topological polar surface area (TPSA) is 23.1 Å². The second kappa shape index (κ2) is 2.68. The van der Waals surface area contributed by atoms with Crippen LogP contribution in [0.2, 0.25) is 0 Å². The zero-order chi connectivity index (χ0) is 4.50. The van der Waals surface area contributed by atoms with Gasteiger partial charge >= 0.3 is 0 Å². The normalized spacial score (nSPS) is 10.0. The summed E-state index contributed by atoms with van der Waals surface area (Å²) in [5.74, 6) is 0. The van der Waals surface area contributed by atoms with Crippen molar-refractivity contribution >= 4 is 18.9 Å². The third-order valence-corrected chi connectivity index (χ3v) is 0. The van der Waals surface area contributed by atoms with E-state index in [4.69, 9.17) is 0 Å². The van der Waals surface area contributed by atoms with E-state index in [0.29, 0.717) is 0 Å². The average Bonchev–Trinajstić information content (AvgIpc) is 0.722. The molecular formula is C4H9LiO-. The van der Waals surface area contributed by atoms with Crippen LogP contribution in [0.4, 0.5) is 0 Å². The van der Waals surface area contributed by atoms with Gasteiger partial charge in [-0.1, -0.05) is 20.8 Å². The van der Waals surface area contributed by atoms with Crippen LogP contribution in [-0.2, 0) is 0 Å². The molecule has 0 aromatic rings. The van der Waals surface area contributed by atoms with Gasteiger partial charge < -0.3 is 5.11 Å². The Labute approximate surface area is 50.9 Å². The van der Waals surface area contributed by atoms with Crippen molar-refractivity contribution in [2.45, 2.75) is 26.4 Å². The van der Waals surface area contributed by atoms with Crippen LogP contribution in [0.25, 0.3) is 0 Å². The average molecular weight is 80.1 g/mol. The van der Waals surface area contributed by atoms with E-state index < -0.39 is 5.60 Å². The molecule has 0 amide bonds. The van der Waals surface area contributed by atoms with Crippen LogP contribution in [0.1, 0.15) is 20.8 Å². The molecule has 0 atom stereocenters. The third kappa shape index (κ3) is 186. The van der Waals surface area contributed by atoms with Crippen LogP contribution < -0.4 is 5.11 Å². The molecule has 0 unspecified atom stereocenters. The smallest absolute Gasteiger partial charge is 0 e. The minimum Gasteiger partial charge on any atom is -0.850 e. The van der Waals surface area contributed by atoms with Crippen molar-refractivity contribution in [1.82, 2.24) is 0 Å². The minimum atomic E-state index is -0.750. The fraction of sp³-hybridized carbons (Fsp3) is 1.00. The molecule has 0 N–H and O–H groups in total. The van der Waals surface area contributed by atoms with Crippen molar-refractivity contribution in [3.63, 3.8) is 0 Å². The van der Waals surface area contributed by atoms with Gasteiger partial charge in [-0.3, -0.25) is 0 Å². The summed E-state index contributed by atoms with van der Waals surface area (Å²) in [5.41, 5.74) is -0.750. The van der Waals surface area contributed by atoms with E-state index >= 15 is 0 Å². The summed E-state index contributed by atoms with van der Waals surface area (Å²) in [7, 11) is 0. The molecule has 1 nitrogen and oxygen atoms in total. The van der Waals surface area contributed by atoms with Crippen molar-refractivity contribution in [2.75, 3.05) is 0 Å². The predicted molar refractivity (Wildman–Crippen MR) is 25.5 cm³/mol. The van der Waals surface area contributed by atoms with E-state index in [0.717, 1.165) is 0 Å². The summed E-state index contributed by atoms with van der Waals surface area (Å²) in [4.78, 5) is 0. The van der Waals surface area contributed by atoms with Gasteiger partial charge in [0, 0.05) is 18.9 Å². The Morgan fingerprint density at radius 3 is 1.17 bits per heavy atom. The van der Waals surface area contributed by atoms with E-state index in [2.05, 4.69) is 0 Å². The van der Waals surface area contributed by atoms with Gasteiger partial charge in [-0.25, -0.2) is 0 Å². The quantitative estimate of drug-likeness (QED) is 0.368. The molecule has 0 fully saturated rings. The van der Waals surface area contributed by atoms with Crippen LogP contribution in [-0.4, -0.2) is 24.5 Å². The van der Waals surface area contributed by atoms with E-state index in [-0.39, 0.29) is 18.9 Å². The molecular weight excluding hydrogens is 71.0 g/mol. The Morgan fingerprint density at radius 1 is 1.17 bits per heavy atom. The first-order valence-corrected chi connectivity index (χ1v) is 1.70. The van der Waals surface area contributed by atoms with Gasteiger partial charge in [0.25, 0.3) is 0 Å². The summed E-state index contributed by atoms with van der Waals surface area (Å²) in [6, 6.07) is 0. The molecule has 6 heavy (non-hydrogen) atoms. The summed E-state index contributed by atoms with van der Waals surface area (Å²) >= 11 is 0. The maximum atomic E-state index is 10.1. The van der Waals surface area contributed by atoms with Crippen molar-refractivity contribution in [1.29, 1.82) is 0 Å². The standard InChI is InChI=1S/C4H9O.Li/c1-4(2,3)5;/h1-3H3;/q-1;. The Bertz CT molecular complexity index is 23.0. The molecule has 0 bridgehead atoms. The van der Waals surface area contributed by atoms with Crippen molar-refractivity contribution in [2.24, 2.45) is 0 Å². The minimum absolute atomic E-state index is 0. The maximum absolute atomic E-state index is 10.1. The summed E-state index contributed by atoms with van der Waals surface area (Å²) < 4.78 is 0. The summed E-state index contributed by atoms with van der Waals surface area (Å²) in [5, 5.41) is 10.1. The molecule has 0 aliphatic carbocycles. The Morgan fingerprint density at radius 2 is 1.17 bits per heavy atom. The third-order valence-electron chi connectivity index (χ3n) is 0. The van der Waals surface area contributed by atoms with Crippen LogP contribution in [0.5, 0.6) is 0 Å². The fourth-order valence-electron chi connectivity index (χ4n) is 0. The molecule has 0 saturated heterocycles. The molecule has 2 heteroatoms. The molecule has 33 valence electrons. The first kappa shape index (κ1) is 9.75. The Hall–Kier alpha value is 0.557. The molecule has 0 aliphatic heterocycles. The van der Waals surface area contributed by atoms with Gasteiger partial charge in [-0.2, -0.15) is 0 Å². The second-order valence-electron chi connectivity index (χ2n) is 2.11. The summed E-state index contributed by atoms with van der Waals surface area (Å²) in [6.07, 6.45) is 0. The van der Waals surface area contributed by atoms with Crippen LogP contribution in [0.15, 0.2) is 0 Å². The van der Waals surface area contributed by atoms with Crippen LogP contribution in [0.3, 0.4) is 0 Å².